The Hall–Kier alpha value is -1.81. The van der Waals surface area contributed by atoms with Crippen LogP contribution in [0.2, 0.25) is 0 Å². The van der Waals surface area contributed by atoms with Gasteiger partial charge in [0.1, 0.15) is 16.9 Å². The van der Waals surface area contributed by atoms with Gasteiger partial charge in [-0.25, -0.2) is 9.97 Å². The van der Waals surface area contributed by atoms with E-state index in [1.807, 2.05) is 12.1 Å². The molecule has 0 aliphatic carbocycles. The number of H-pyrrole nitrogens is 1. The Kier molecular flexibility index (Phi) is 3.05. The van der Waals surface area contributed by atoms with Crippen molar-refractivity contribution in [2.24, 2.45) is 5.41 Å². The molecule has 0 amide bonds. The first-order chi connectivity index (χ1) is 9.52. The first-order valence-corrected chi connectivity index (χ1v) is 7.11. The molecule has 0 aliphatic rings. The maximum absolute atomic E-state index is 6.06. The van der Waals surface area contributed by atoms with Crippen LogP contribution in [0.3, 0.4) is 0 Å². The Morgan fingerprint density at radius 2 is 2.15 bits per heavy atom. The zero-order chi connectivity index (χ0) is 14.3. The summed E-state index contributed by atoms with van der Waals surface area (Å²) in [6, 6.07) is 6.09. The van der Waals surface area contributed by atoms with Gasteiger partial charge >= 0.3 is 0 Å². The molecule has 4 nitrogen and oxygen atoms in total. The van der Waals surface area contributed by atoms with Gasteiger partial charge in [0.25, 0.3) is 0 Å². The van der Waals surface area contributed by atoms with E-state index in [-0.39, 0.29) is 5.41 Å². The van der Waals surface area contributed by atoms with Gasteiger partial charge in [-0.1, -0.05) is 26.0 Å². The number of hydrogen-bond acceptors (Lipinski definition) is 3. The Labute approximate surface area is 122 Å². The summed E-state index contributed by atoms with van der Waals surface area (Å²) in [5.74, 6) is 1.09. The van der Waals surface area contributed by atoms with E-state index in [1.165, 1.54) is 5.56 Å². The highest BCUT2D eigenvalue weighted by Crippen LogP contribution is 2.32. The predicted molar refractivity (Wildman–Crippen MR) is 84.0 cm³/mol. The standard InChI is InChI=1S/C15H17ClN4/c1-15(2,7-16)6-9-4-3-5-10-11(9)12-13(14(17)20-10)19-8-18-12/h3-5,8H,6-7H2,1-2H3,(H2,17,20)(H,18,19). The molecule has 0 atom stereocenters. The molecule has 5 heteroatoms. The average molecular weight is 289 g/mol. The molecule has 0 saturated heterocycles. The molecule has 3 aromatic rings. The number of rotatable bonds is 3. The van der Waals surface area contributed by atoms with Gasteiger partial charge in [-0.3, -0.25) is 0 Å². The lowest BCUT2D eigenvalue weighted by atomic mass is 9.86. The van der Waals surface area contributed by atoms with Gasteiger partial charge in [0.15, 0.2) is 0 Å². The number of nitrogens with two attached hydrogens (primary N) is 1. The number of anilines is 1. The lowest BCUT2D eigenvalue weighted by Gasteiger charge is -2.22. The van der Waals surface area contributed by atoms with Gasteiger partial charge in [0.05, 0.1) is 11.8 Å². The van der Waals surface area contributed by atoms with Gasteiger partial charge in [-0.05, 0) is 23.5 Å². The summed E-state index contributed by atoms with van der Waals surface area (Å²) >= 11 is 6.06. The summed E-state index contributed by atoms with van der Waals surface area (Å²) in [6.45, 7) is 4.32. The fourth-order valence-corrected chi connectivity index (χ4v) is 2.62. The number of nitrogen functional groups attached to an aromatic ring is 1. The summed E-state index contributed by atoms with van der Waals surface area (Å²) in [6.07, 6.45) is 2.53. The molecule has 3 rings (SSSR count). The van der Waals surface area contributed by atoms with Gasteiger partial charge in [0, 0.05) is 11.3 Å². The van der Waals surface area contributed by atoms with E-state index in [1.54, 1.807) is 6.33 Å². The van der Waals surface area contributed by atoms with Crippen molar-refractivity contribution < 1.29 is 0 Å². The number of aromatic amines is 1. The quantitative estimate of drug-likeness (QED) is 0.725. The minimum atomic E-state index is 0.0276. The summed E-state index contributed by atoms with van der Waals surface area (Å²) in [7, 11) is 0. The van der Waals surface area contributed by atoms with Crippen LogP contribution in [0.1, 0.15) is 19.4 Å². The molecule has 20 heavy (non-hydrogen) atoms. The molecule has 0 radical (unpaired) electrons. The topological polar surface area (TPSA) is 67.6 Å². The van der Waals surface area contributed by atoms with Crippen LogP contribution < -0.4 is 5.73 Å². The van der Waals surface area contributed by atoms with Crippen LogP contribution in [-0.4, -0.2) is 20.8 Å². The van der Waals surface area contributed by atoms with Crippen molar-refractivity contribution in [3.8, 4) is 0 Å². The number of halogens is 1. The van der Waals surface area contributed by atoms with Gasteiger partial charge in [-0.15, -0.1) is 11.6 Å². The Bertz CT molecular complexity index is 776. The van der Waals surface area contributed by atoms with Crippen LogP contribution in [0.15, 0.2) is 24.5 Å². The fourth-order valence-electron chi connectivity index (χ4n) is 2.53. The molecule has 2 heterocycles. The fraction of sp³-hybridized carbons (Fsp3) is 0.333. The number of benzene rings is 1. The number of nitrogens with zero attached hydrogens (tertiary/aromatic N) is 2. The number of pyridine rings is 1. The van der Waals surface area contributed by atoms with Crippen molar-refractivity contribution >= 4 is 39.4 Å². The second-order valence-corrected chi connectivity index (χ2v) is 6.18. The molecular weight excluding hydrogens is 272 g/mol. The molecule has 0 fully saturated rings. The lowest BCUT2D eigenvalue weighted by molar-refractivity contribution is 0.419. The minimum absolute atomic E-state index is 0.0276. The molecule has 2 aromatic heterocycles. The first kappa shape index (κ1) is 13.2. The third-order valence-corrected chi connectivity index (χ3v) is 4.26. The number of fused-ring (bicyclic) bond motifs is 3. The molecule has 0 unspecified atom stereocenters. The van der Waals surface area contributed by atoms with E-state index in [2.05, 4.69) is 34.9 Å². The van der Waals surface area contributed by atoms with Crippen LogP contribution in [0.4, 0.5) is 5.82 Å². The molecular formula is C15H17ClN4. The third-order valence-electron chi connectivity index (χ3n) is 3.53. The predicted octanol–water partition coefficient (Wildman–Crippen LogP) is 3.50. The molecule has 0 spiro atoms. The second kappa shape index (κ2) is 4.63. The van der Waals surface area contributed by atoms with Crippen molar-refractivity contribution in [2.75, 3.05) is 11.6 Å². The van der Waals surface area contributed by atoms with E-state index >= 15 is 0 Å². The Morgan fingerprint density at radius 3 is 2.90 bits per heavy atom. The normalized spacial score (nSPS) is 12.3. The SMILES string of the molecule is CC(C)(CCl)Cc1cccc2nc(N)c3[nH]cnc3c12. The maximum atomic E-state index is 6.06. The Balaban J connectivity index is 2.30. The van der Waals surface area contributed by atoms with Crippen molar-refractivity contribution in [1.82, 2.24) is 15.0 Å². The molecule has 0 aliphatic heterocycles. The molecule has 0 saturated carbocycles. The zero-order valence-corrected chi connectivity index (χ0v) is 12.3. The van der Waals surface area contributed by atoms with Crippen molar-refractivity contribution in [2.45, 2.75) is 20.3 Å². The number of alkyl halides is 1. The second-order valence-electron chi connectivity index (χ2n) is 5.91. The first-order valence-electron chi connectivity index (χ1n) is 6.58. The zero-order valence-electron chi connectivity index (χ0n) is 11.6. The third kappa shape index (κ3) is 2.10. The van der Waals surface area contributed by atoms with Crippen LogP contribution in [0.5, 0.6) is 0 Å². The van der Waals surface area contributed by atoms with Crippen molar-refractivity contribution in [3.05, 3.63) is 30.1 Å². The van der Waals surface area contributed by atoms with Crippen LogP contribution in [0, 0.1) is 5.41 Å². The van der Waals surface area contributed by atoms with E-state index in [4.69, 9.17) is 17.3 Å². The van der Waals surface area contributed by atoms with Crippen molar-refractivity contribution in [3.63, 3.8) is 0 Å². The van der Waals surface area contributed by atoms with E-state index < -0.39 is 0 Å². The highest BCUT2D eigenvalue weighted by molar-refractivity contribution is 6.18. The van der Waals surface area contributed by atoms with Gasteiger partial charge in [-0.2, -0.15) is 0 Å². The molecule has 0 bridgehead atoms. The smallest absolute Gasteiger partial charge is 0.150 e. The lowest BCUT2D eigenvalue weighted by Crippen LogP contribution is -2.17. The van der Waals surface area contributed by atoms with E-state index in [0.29, 0.717) is 11.7 Å². The van der Waals surface area contributed by atoms with Crippen LogP contribution in [-0.2, 0) is 6.42 Å². The van der Waals surface area contributed by atoms with Gasteiger partial charge < -0.3 is 10.7 Å². The minimum Gasteiger partial charge on any atom is -0.382 e. The van der Waals surface area contributed by atoms with Crippen LogP contribution in [0.25, 0.3) is 21.9 Å². The summed E-state index contributed by atoms with van der Waals surface area (Å²) in [5.41, 5.74) is 9.76. The van der Waals surface area contributed by atoms with E-state index in [0.717, 1.165) is 28.4 Å². The summed E-state index contributed by atoms with van der Waals surface area (Å²) < 4.78 is 0. The Morgan fingerprint density at radius 1 is 1.35 bits per heavy atom. The largest absolute Gasteiger partial charge is 0.382 e. The molecule has 3 N–H and O–H groups in total. The number of hydrogen-bond donors (Lipinski definition) is 2. The number of imidazole rings is 1. The summed E-state index contributed by atoms with van der Waals surface area (Å²) in [4.78, 5) is 11.9. The molecule has 1 aromatic carbocycles. The van der Waals surface area contributed by atoms with Crippen molar-refractivity contribution in [1.29, 1.82) is 0 Å². The van der Waals surface area contributed by atoms with E-state index in [9.17, 15) is 0 Å². The monoisotopic (exact) mass is 288 g/mol. The maximum Gasteiger partial charge on any atom is 0.150 e. The number of nitrogens with one attached hydrogen (secondary N) is 1. The number of aromatic nitrogens is 3. The van der Waals surface area contributed by atoms with Gasteiger partial charge in [0.2, 0.25) is 0 Å². The average Bonchev–Trinajstić information content (AvgIpc) is 2.88. The summed E-state index contributed by atoms with van der Waals surface area (Å²) in [5, 5.41) is 1.07. The molecule has 104 valence electrons. The highest BCUT2D eigenvalue weighted by Gasteiger charge is 2.20. The van der Waals surface area contributed by atoms with Crippen LogP contribution >= 0.6 is 11.6 Å². The highest BCUT2D eigenvalue weighted by atomic mass is 35.5.